The fraction of sp³-hybridized carbons (Fsp3) is 0.368. The highest BCUT2D eigenvalue weighted by Crippen LogP contribution is 2.23. The van der Waals surface area contributed by atoms with E-state index in [1.54, 1.807) is 13.8 Å². The van der Waals surface area contributed by atoms with Crippen LogP contribution >= 0.6 is 0 Å². The molecule has 1 unspecified atom stereocenters. The Hall–Kier alpha value is -2.96. The number of fused-ring (bicyclic) bond motifs is 1. The van der Waals surface area contributed by atoms with Crippen LogP contribution in [-0.2, 0) is 4.79 Å². The lowest BCUT2D eigenvalue weighted by molar-refractivity contribution is -0.119. The number of carbonyl (C=O) groups excluding carboxylic acids is 1. The van der Waals surface area contributed by atoms with E-state index in [1.807, 2.05) is 39.0 Å². The van der Waals surface area contributed by atoms with Crippen LogP contribution in [0.4, 0.5) is 5.69 Å². The number of hydrogen-bond acceptors (Lipinski definition) is 5. The van der Waals surface area contributed by atoms with Crippen molar-refractivity contribution in [2.24, 2.45) is 0 Å². The summed E-state index contributed by atoms with van der Waals surface area (Å²) in [5.74, 6) is 0.265. The van der Waals surface area contributed by atoms with Gasteiger partial charge in [-0.25, -0.2) is 4.68 Å². The first-order valence-electron chi connectivity index (χ1n) is 8.57. The van der Waals surface area contributed by atoms with E-state index in [1.165, 1.54) is 4.68 Å². The molecule has 7 heteroatoms. The molecular weight excluding hydrogens is 332 g/mol. The lowest BCUT2D eigenvalue weighted by atomic mass is 10.1. The van der Waals surface area contributed by atoms with Gasteiger partial charge in [0, 0.05) is 5.69 Å². The number of aromatic nitrogens is 3. The minimum absolute atomic E-state index is 0.202. The van der Waals surface area contributed by atoms with Gasteiger partial charge in [-0.2, -0.15) is 5.10 Å². The SMILES string of the molecule is CCC(C(=O)Nc1c(C)cccc1C)n1nc(C)c2c(C)onc2c1=O. The first-order chi connectivity index (χ1) is 12.3. The molecule has 0 aliphatic heterocycles. The topological polar surface area (TPSA) is 90.0 Å². The van der Waals surface area contributed by atoms with Crippen molar-refractivity contribution in [2.45, 2.75) is 47.1 Å². The van der Waals surface area contributed by atoms with Crippen LogP contribution < -0.4 is 10.9 Å². The van der Waals surface area contributed by atoms with Crippen LogP contribution in [0.2, 0.25) is 0 Å². The molecule has 0 fully saturated rings. The maximum atomic E-state index is 12.9. The van der Waals surface area contributed by atoms with Gasteiger partial charge < -0.3 is 9.84 Å². The maximum absolute atomic E-state index is 12.9. The van der Waals surface area contributed by atoms with Crippen molar-refractivity contribution in [3.8, 4) is 0 Å². The quantitative estimate of drug-likeness (QED) is 0.777. The van der Waals surface area contributed by atoms with Gasteiger partial charge in [0.25, 0.3) is 5.56 Å². The number of nitrogens with one attached hydrogen (secondary N) is 1. The molecule has 136 valence electrons. The maximum Gasteiger partial charge on any atom is 0.297 e. The number of benzene rings is 1. The average Bonchev–Trinajstić information content (AvgIpc) is 2.99. The van der Waals surface area contributed by atoms with Crippen LogP contribution in [0, 0.1) is 27.7 Å². The van der Waals surface area contributed by atoms with E-state index in [0.717, 1.165) is 16.8 Å². The molecule has 0 aliphatic carbocycles. The summed E-state index contributed by atoms with van der Waals surface area (Å²) in [6, 6.07) is 5.07. The van der Waals surface area contributed by atoms with E-state index in [0.29, 0.717) is 23.3 Å². The fourth-order valence-electron chi connectivity index (χ4n) is 3.21. The normalized spacial score (nSPS) is 12.3. The van der Waals surface area contributed by atoms with Crippen molar-refractivity contribution in [2.75, 3.05) is 5.32 Å². The summed E-state index contributed by atoms with van der Waals surface area (Å²) in [5.41, 5.74) is 3.08. The summed E-state index contributed by atoms with van der Waals surface area (Å²) in [7, 11) is 0. The molecule has 0 saturated carbocycles. The molecule has 2 heterocycles. The molecule has 1 amide bonds. The Balaban J connectivity index is 2.04. The third kappa shape index (κ3) is 2.89. The predicted molar refractivity (Wildman–Crippen MR) is 99.4 cm³/mol. The van der Waals surface area contributed by atoms with Crippen LogP contribution in [0.15, 0.2) is 27.5 Å². The second-order valence-electron chi connectivity index (χ2n) is 6.48. The molecule has 26 heavy (non-hydrogen) atoms. The lowest BCUT2D eigenvalue weighted by Gasteiger charge is -2.19. The molecule has 0 aliphatic rings. The zero-order chi connectivity index (χ0) is 19.0. The molecular formula is C19H22N4O3. The van der Waals surface area contributed by atoms with Crippen molar-refractivity contribution in [3.05, 3.63) is 51.1 Å². The lowest BCUT2D eigenvalue weighted by Crippen LogP contribution is -2.35. The van der Waals surface area contributed by atoms with Gasteiger partial charge in [-0.15, -0.1) is 0 Å². The first-order valence-corrected chi connectivity index (χ1v) is 8.57. The van der Waals surface area contributed by atoms with Gasteiger partial charge in [0.1, 0.15) is 11.8 Å². The Bertz CT molecular complexity index is 1030. The van der Waals surface area contributed by atoms with E-state index >= 15 is 0 Å². The number of amides is 1. The van der Waals surface area contributed by atoms with E-state index in [9.17, 15) is 9.59 Å². The largest absolute Gasteiger partial charge is 0.360 e. The highest BCUT2D eigenvalue weighted by atomic mass is 16.5. The van der Waals surface area contributed by atoms with E-state index in [4.69, 9.17) is 4.52 Å². The molecule has 7 nitrogen and oxygen atoms in total. The van der Waals surface area contributed by atoms with E-state index < -0.39 is 11.6 Å². The highest BCUT2D eigenvalue weighted by Gasteiger charge is 2.25. The summed E-state index contributed by atoms with van der Waals surface area (Å²) >= 11 is 0. The summed E-state index contributed by atoms with van der Waals surface area (Å²) in [6.45, 7) is 9.22. The number of rotatable bonds is 4. The van der Waals surface area contributed by atoms with Gasteiger partial charge in [0.2, 0.25) is 5.91 Å². The monoisotopic (exact) mass is 354 g/mol. The second kappa shape index (κ2) is 6.74. The number of nitrogens with zero attached hydrogens (tertiary/aromatic N) is 3. The van der Waals surface area contributed by atoms with Gasteiger partial charge in [0.05, 0.1) is 11.1 Å². The van der Waals surface area contributed by atoms with Gasteiger partial charge in [-0.3, -0.25) is 9.59 Å². The summed E-state index contributed by atoms with van der Waals surface area (Å²) in [4.78, 5) is 25.7. The van der Waals surface area contributed by atoms with Gasteiger partial charge in [-0.05, 0) is 45.2 Å². The molecule has 0 spiro atoms. The fourth-order valence-corrected chi connectivity index (χ4v) is 3.21. The number of carbonyl (C=O) groups is 1. The van der Waals surface area contributed by atoms with Crippen molar-refractivity contribution in [1.29, 1.82) is 0 Å². The zero-order valence-corrected chi connectivity index (χ0v) is 15.6. The summed E-state index contributed by atoms with van der Waals surface area (Å²) in [5, 5.41) is 11.8. The number of anilines is 1. The van der Waals surface area contributed by atoms with Crippen molar-refractivity contribution < 1.29 is 9.32 Å². The van der Waals surface area contributed by atoms with Gasteiger partial charge >= 0.3 is 0 Å². The third-order valence-corrected chi connectivity index (χ3v) is 4.61. The molecule has 1 atom stereocenters. The molecule has 0 bridgehead atoms. The predicted octanol–water partition coefficient (Wildman–Crippen LogP) is 3.21. The number of aryl methyl sites for hydroxylation is 4. The Morgan fingerprint density at radius 3 is 2.50 bits per heavy atom. The molecule has 0 saturated heterocycles. The smallest absolute Gasteiger partial charge is 0.297 e. The van der Waals surface area contributed by atoms with Crippen molar-refractivity contribution in [1.82, 2.24) is 14.9 Å². The molecule has 1 N–H and O–H groups in total. The first kappa shape index (κ1) is 17.8. The van der Waals surface area contributed by atoms with Crippen LogP contribution in [0.1, 0.15) is 42.0 Å². The van der Waals surface area contributed by atoms with Gasteiger partial charge in [-0.1, -0.05) is 30.3 Å². The summed E-state index contributed by atoms with van der Waals surface area (Å²) in [6.07, 6.45) is 0.422. The molecule has 1 aromatic carbocycles. The van der Waals surface area contributed by atoms with Gasteiger partial charge in [0.15, 0.2) is 5.52 Å². The Labute approximate surface area is 151 Å². The van der Waals surface area contributed by atoms with E-state index in [-0.39, 0.29) is 11.4 Å². The van der Waals surface area contributed by atoms with Crippen LogP contribution in [0.25, 0.3) is 10.9 Å². The van der Waals surface area contributed by atoms with Crippen LogP contribution in [0.3, 0.4) is 0 Å². The minimum Gasteiger partial charge on any atom is -0.360 e. The average molecular weight is 354 g/mol. The Kier molecular flexibility index (Phi) is 4.63. The Morgan fingerprint density at radius 2 is 1.88 bits per heavy atom. The Morgan fingerprint density at radius 1 is 1.23 bits per heavy atom. The molecule has 3 rings (SSSR count). The zero-order valence-electron chi connectivity index (χ0n) is 15.6. The minimum atomic E-state index is -0.735. The third-order valence-electron chi connectivity index (χ3n) is 4.61. The summed E-state index contributed by atoms with van der Waals surface area (Å²) < 4.78 is 6.34. The van der Waals surface area contributed by atoms with Crippen LogP contribution in [-0.4, -0.2) is 20.8 Å². The molecule has 2 aromatic heterocycles. The molecule has 3 aromatic rings. The van der Waals surface area contributed by atoms with Crippen molar-refractivity contribution in [3.63, 3.8) is 0 Å². The van der Waals surface area contributed by atoms with Crippen LogP contribution in [0.5, 0.6) is 0 Å². The highest BCUT2D eigenvalue weighted by molar-refractivity contribution is 5.95. The molecule has 0 radical (unpaired) electrons. The number of hydrogen-bond donors (Lipinski definition) is 1. The standard InChI is InChI=1S/C19H22N4O3/c1-6-14(18(24)20-16-10(2)8-7-9-11(16)3)23-19(25)17-15(12(4)21-23)13(5)26-22-17/h7-9,14H,6H2,1-5H3,(H,20,24). The van der Waals surface area contributed by atoms with E-state index in [2.05, 4.69) is 15.6 Å². The second-order valence-corrected chi connectivity index (χ2v) is 6.48. The van der Waals surface area contributed by atoms with Crippen molar-refractivity contribution >= 4 is 22.5 Å². The number of para-hydroxylation sites is 1.